The summed E-state index contributed by atoms with van der Waals surface area (Å²) in [6.45, 7) is 0.456. The molecule has 0 saturated heterocycles. The van der Waals surface area contributed by atoms with Crippen LogP contribution in [0.5, 0.6) is 11.5 Å². The first kappa shape index (κ1) is 24.7. The highest BCUT2D eigenvalue weighted by Gasteiger charge is 2.56. The van der Waals surface area contributed by atoms with Crippen molar-refractivity contribution in [3.05, 3.63) is 48.2 Å². The quantitative estimate of drug-likeness (QED) is 0.248. The lowest BCUT2D eigenvalue weighted by Gasteiger charge is -2.15. The Morgan fingerprint density at radius 2 is 1.69 bits per heavy atom. The number of ether oxygens (including phenoxy) is 2. The summed E-state index contributed by atoms with van der Waals surface area (Å²) in [7, 11) is -5.23. The van der Waals surface area contributed by atoms with Gasteiger partial charge in [-0.05, 0) is 55.2 Å². The lowest BCUT2D eigenvalue weighted by atomic mass is 10.2. The molecule has 1 aliphatic rings. The normalized spacial score (nSPS) is 14.7. The van der Waals surface area contributed by atoms with Gasteiger partial charge in [0.05, 0.1) is 24.9 Å². The smallest absolute Gasteiger partial charge is 0.476 e. The van der Waals surface area contributed by atoms with Crippen LogP contribution < -0.4 is 8.92 Å². The van der Waals surface area contributed by atoms with E-state index < -0.39 is 39.0 Å². The van der Waals surface area contributed by atoms with Crippen LogP contribution in [0.25, 0.3) is 16.6 Å². The molecule has 1 fully saturated rings. The largest absolute Gasteiger partial charge is 0.493 e. The van der Waals surface area contributed by atoms with E-state index in [4.69, 9.17) is 4.74 Å². The van der Waals surface area contributed by atoms with Gasteiger partial charge in [0.25, 0.3) is 0 Å². The zero-order valence-electron chi connectivity index (χ0n) is 17.9. The van der Waals surface area contributed by atoms with E-state index in [0.717, 1.165) is 37.1 Å². The predicted octanol–water partition coefficient (Wildman–Crippen LogP) is 4.31. The highest BCUT2D eigenvalue weighted by molar-refractivity contribution is 7.89. The second-order valence-corrected chi connectivity index (χ2v) is 9.32. The third-order valence-corrected chi connectivity index (χ3v) is 6.33. The van der Waals surface area contributed by atoms with Gasteiger partial charge >= 0.3 is 27.5 Å². The fourth-order valence-electron chi connectivity index (χ4n) is 3.16. The second-order valence-electron chi connectivity index (χ2n) is 7.73. The second kappa shape index (κ2) is 8.66. The first-order valence-electron chi connectivity index (χ1n) is 10.1. The van der Waals surface area contributed by atoms with Gasteiger partial charge in [0, 0.05) is 11.5 Å². The molecule has 35 heavy (non-hydrogen) atoms. The maximum absolute atomic E-state index is 13.9. The maximum Gasteiger partial charge on any atom is 0.476 e. The number of benzene rings is 2. The number of methoxy groups -OCH3 is 1. The molecule has 8 nitrogen and oxygen atoms in total. The van der Waals surface area contributed by atoms with Crippen molar-refractivity contribution in [2.24, 2.45) is 5.92 Å². The fraction of sp³-hybridized carbons (Fsp3) is 0.333. The average molecular weight is 520 g/mol. The topological polar surface area (TPSA) is 96.7 Å². The van der Waals surface area contributed by atoms with Crippen molar-refractivity contribution in [1.82, 2.24) is 9.78 Å². The van der Waals surface area contributed by atoms with Gasteiger partial charge in [-0.15, -0.1) is 0 Å². The van der Waals surface area contributed by atoms with E-state index in [0.29, 0.717) is 30.1 Å². The Morgan fingerprint density at radius 3 is 2.26 bits per heavy atom. The van der Waals surface area contributed by atoms with Crippen LogP contribution in [0.1, 0.15) is 18.5 Å². The Labute approximate surface area is 195 Å². The van der Waals surface area contributed by atoms with Gasteiger partial charge in [-0.1, -0.05) is 0 Å². The summed E-state index contributed by atoms with van der Waals surface area (Å²) in [5.41, 5.74) is -1.25. The van der Waals surface area contributed by atoms with E-state index in [1.807, 2.05) is 0 Å². The Morgan fingerprint density at radius 1 is 1.06 bits per heavy atom. The van der Waals surface area contributed by atoms with Gasteiger partial charge in [0.1, 0.15) is 11.5 Å². The first-order valence-corrected chi connectivity index (χ1v) is 11.5. The summed E-state index contributed by atoms with van der Waals surface area (Å²) in [6, 6.07) is 7.70. The van der Waals surface area contributed by atoms with Gasteiger partial charge < -0.3 is 13.7 Å². The van der Waals surface area contributed by atoms with Gasteiger partial charge in [-0.3, -0.25) is 0 Å². The van der Waals surface area contributed by atoms with Crippen LogP contribution in [0.3, 0.4) is 0 Å². The summed E-state index contributed by atoms with van der Waals surface area (Å²) in [5, 5.41) is -1.19. The molecule has 0 atom stereocenters. The van der Waals surface area contributed by atoms with Gasteiger partial charge in [-0.2, -0.15) is 35.5 Å². The lowest BCUT2D eigenvalue weighted by molar-refractivity contribution is -0.158. The number of halogens is 5. The molecule has 1 heterocycles. The average Bonchev–Trinajstić information content (AvgIpc) is 3.54. The molecular weight excluding hydrogens is 503 g/mol. The molecule has 0 unspecified atom stereocenters. The zero-order valence-corrected chi connectivity index (χ0v) is 18.7. The van der Waals surface area contributed by atoms with E-state index in [9.17, 15) is 35.2 Å². The Balaban J connectivity index is 1.66. The van der Waals surface area contributed by atoms with Crippen molar-refractivity contribution in [3.8, 4) is 17.2 Å². The third kappa shape index (κ3) is 4.88. The molecular formula is C21H17F5N2O6S. The Hall–Kier alpha value is -3.42. The lowest BCUT2D eigenvalue weighted by Crippen LogP contribution is -2.41. The molecule has 3 aromatic rings. The van der Waals surface area contributed by atoms with Gasteiger partial charge in [-0.25, -0.2) is 9.48 Å². The number of esters is 1. The minimum atomic E-state index is -5.79. The molecule has 14 heteroatoms. The van der Waals surface area contributed by atoms with E-state index >= 15 is 0 Å². The number of nitrogens with zero attached hydrogens (tertiary/aromatic N) is 2. The van der Waals surface area contributed by atoms with Crippen molar-refractivity contribution in [1.29, 1.82) is 0 Å². The summed E-state index contributed by atoms with van der Waals surface area (Å²) in [5.74, 6) is -2.22. The highest BCUT2D eigenvalue weighted by atomic mass is 32.2. The van der Waals surface area contributed by atoms with Crippen LogP contribution in [0.15, 0.2) is 42.5 Å². The molecule has 0 spiro atoms. The van der Waals surface area contributed by atoms with Gasteiger partial charge in [0.2, 0.25) is 0 Å². The molecule has 0 aliphatic heterocycles. The first-order chi connectivity index (χ1) is 16.3. The molecule has 1 aliphatic carbocycles. The number of hydrogen-bond acceptors (Lipinski definition) is 7. The number of rotatable bonds is 8. The van der Waals surface area contributed by atoms with Crippen molar-refractivity contribution < 1.29 is 48.8 Å². The molecule has 4 rings (SSSR count). The van der Waals surface area contributed by atoms with Crippen molar-refractivity contribution in [3.63, 3.8) is 0 Å². The Bertz CT molecular complexity index is 1370. The number of carbonyl (C=O) groups excluding carboxylic acids is 1. The van der Waals surface area contributed by atoms with E-state index in [1.165, 1.54) is 18.2 Å². The zero-order chi connectivity index (χ0) is 25.6. The van der Waals surface area contributed by atoms with Crippen LogP contribution in [0.2, 0.25) is 0 Å². The SMILES string of the molecule is COC(=O)C(F)(F)S(=O)(=O)Oc1ccc(-n2nc3cc(OCC4CC4)ccc3c2C(F)(F)F)cc1. The molecule has 1 aromatic heterocycles. The van der Waals surface area contributed by atoms with Crippen molar-refractivity contribution >= 4 is 27.0 Å². The van der Waals surface area contributed by atoms with Crippen LogP contribution in [-0.4, -0.2) is 43.1 Å². The fourth-order valence-corrected chi connectivity index (χ4v) is 3.91. The van der Waals surface area contributed by atoms with E-state index in [1.54, 1.807) is 0 Å². The summed E-state index contributed by atoms with van der Waals surface area (Å²) < 4.78 is 107. The Kier molecular flexibility index (Phi) is 6.11. The standard InChI is InChI=1S/C21H17F5N2O6S/c1-32-19(29)21(25,26)35(30,31)34-14-6-4-13(5-7-14)28-18(20(22,23)24)16-9-8-15(10-17(16)27-28)33-11-12-2-3-12/h4-10,12H,2-3,11H2,1H3. The molecule has 1 saturated carbocycles. The van der Waals surface area contributed by atoms with Crippen LogP contribution in [0, 0.1) is 5.92 Å². The van der Waals surface area contributed by atoms with E-state index in [2.05, 4.69) is 14.0 Å². The van der Waals surface area contributed by atoms with Crippen LogP contribution in [-0.2, 0) is 25.8 Å². The van der Waals surface area contributed by atoms with Crippen LogP contribution in [0.4, 0.5) is 22.0 Å². The minimum Gasteiger partial charge on any atom is -0.493 e. The summed E-state index contributed by atoms with van der Waals surface area (Å²) in [4.78, 5) is 11.1. The summed E-state index contributed by atoms with van der Waals surface area (Å²) in [6.07, 6.45) is -2.74. The van der Waals surface area contributed by atoms with Crippen molar-refractivity contribution in [2.75, 3.05) is 13.7 Å². The molecule has 2 aromatic carbocycles. The van der Waals surface area contributed by atoms with Crippen LogP contribution >= 0.6 is 0 Å². The molecule has 0 amide bonds. The molecule has 0 radical (unpaired) electrons. The highest BCUT2D eigenvalue weighted by Crippen LogP contribution is 2.38. The minimum absolute atomic E-state index is 0.00578. The summed E-state index contributed by atoms with van der Waals surface area (Å²) >= 11 is 0. The number of fused-ring (bicyclic) bond motifs is 1. The number of alkyl halides is 5. The maximum atomic E-state index is 13.9. The predicted molar refractivity (Wildman–Crippen MR) is 111 cm³/mol. The number of carbonyl (C=O) groups is 1. The number of hydrogen-bond donors (Lipinski definition) is 0. The molecule has 0 N–H and O–H groups in total. The van der Waals surface area contributed by atoms with Gasteiger partial charge in [0.15, 0.2) is 5.69 Å². The third-order valence-electron chi connectivity index (χ3n) is 5.12. The molecule has 0 bridgehead atoms. The van der Waals surface area contributed by atoms with Crippen molar-refractivity contribution in [2.45, 2.75) is 24.3 Å². The number of aromatic nitrogens is 2. The monoisotopic (exact) mass is 520 g/mol. The molecule has 188 valence electrons. The van der Waals surface area contributed by atoms with E-state index in [-0.39, 0.29) is 16.6 Å².